The second kappa shape index (κ2) is 10.3. The summed E-state index contributed by atoms with van der Waals surface area (Å²) >= 11 is 0. The fourth-order valence-electron chi connectivity index (χ4n) is 4.61. The van der Waals surface area contributed by atoms with Crippen LogP contribution >= 0.6 is 0 Å². The molecule has 1 saturated heterocycles. The molecule has 0 aliphatic carbocycles. The van der Waals surface area contributed by atoms with E-state index in [2.05, 4.69) is 59.0 Å². The second-order valence-corrected chi connectivity index (χ2v) is 9.43. The van der Waals surface area contributed by atoms with Crippen molar-refractivity contribution in [1.82, 2.24) is 14.8 Å². The molecule has 0 radical (unpaired) electrons. The van der Waals surface area contributed by atoms with E-state index in [0.717, 1.165) is 51.0 Å². The first kappa shape index (κ1) is 22.5. The van der Waals surface area contributed by atoms with Crippen molar-refractivity contribution < 1.29 is 9.18 Å². The number of carbonyl (C=O) groups is 1. The van der Waals surface area contributed by atoms with Crippen molar-refractivity contribution in [3.63, 3.8) is 0 Å². The van der Waals surface area contributed by atoms with Crippen LogP contribution in [-0.4, -0.2) is 35.0 Å². The Kier molecular flexibility index (Phi) is 7.26. The molecular weight excluding hydrogens is 401 g/mol. The zero-order valence-corrected chi connectivity index (χ0v) is 19.2. The number of hydrogen-bond donors (Lipinski definition) is 1. The Morgan fingerprint density at radius 3 is 2.59 bits per heavy atom. The van der Waals surface area contributed by atoms with Gasteiger partial charge >= 0.3 is 0 Å². The average molecular weight is 436 g/mol. The second-order valence-electron chi connectivity index (χ2n) is 9.43. The van der Waals surface area contributed by atoms with E-state index in [1.807, 2.05) is 6.07 Å². The molecule has 1 aliphatic heterocycles. The number of likely N-dealkylation sites (tertiary alicyclic amines) is 1. The number of hydrogen-bond acceptors (Lipinski definition) is 2. The first-order valence-corrected chi connectivity index (χ1v) is 11.8. The largest absolute Gasteiger partial charge is 0.356 e. The molecule has 0 saturated carbocycles. The fourth-order valence-corrected chi connectivity index (χ4v) is 4.61. The summed E-state index contributed by atoms with van der Waals surface area (Å²) in [5.41, 5.74) is 3.37. The molecule has 170 valence electrons. The highest BCUT2D eigenvalue weighted by atomic mass is 19.1. The van der Waals surface area contributed by atoms with Gasteiger partial charge in [-0.1, -0.05) is 44.2 Å². The predicted octanol–water partition coefficient (Wildman–Crippen LogP) is 5.20. The monoisotopic (exact) mass is 435 g/mol. The van der Waals surface area contributed by atoms with Crippen LogP contribution in [0.1, 0.15) is 44.4 Å². The average Bonchev–Trinajstić information content (AvgIpc) is 3.11. The van der Waals surface area contributed by atoms with Crippen molar-refractivity contribution in [2.24, 2.45) is 11.8 Å². The lowest BCUT2D eigenvalue weighted by Gasteiger charge is -2.31. The molecule has 1 aliphatic rings. The minimum absolute atomic E-state index is 0.122. The fraction of sp³-hybridized carbons (Fsp3) is 0.444. The van der Waals surface area contributed by atoms with E-state index in [1.54, 1.807) is 12.1 Å². The maximum atomic E-state index is 13.8. The molecule has 2 heterocycles. The molecule has 2 aromatic carbocycles. The van der Waals surface area contributed by atoms with Crippen molar-refractivity contribution in [3.05, 3.63) is 71.7 Å². The van der Waals surface area contributed by atoms with Gasteiger partial charge in [0.15, 0.2) is 0 Å². The van der Waals surface area contributed by atoms with Gasteiger partial charge in [0.25, 0.3) is 0 Å². The van der Waals surface area contributed by atoms with Gasteiger partial charge in [0, 0.05) is 36.8 Å². The van der Waals surface area contributed by atoms with Crippen LogP contribution in [-0.2, 0) is 17.9 Å². The minimum Gasteiger partial charge on any atom is -0.356 e. The Morgan fingerprint density at radius 2 is 1.84 bits per heavy atom. The summed E-state index contributed by atoms with van der Waals surface area (Å²) in [6, 6.07) is 17.5. The number of nitrogens with one attached hydrogen (secondary N) is 1. The van der Waals surface area contributed by atoms with Crippen LogP contribution in [0.15, 0.2) is 54.6 Å². The topological polar surface area (TPSA) is 37.3 Å². The number of nitrogens with zero attached hydrogens (tertiary/aromatic N) is 2. The zero-order valence-electron chi connectivity index (χ0n) is 19.2. The van der Waals surface area contributed by atoms with Gasteiger partial charge < -0.3 is 9.88 Å². The number of halogens is 1. The number of rotatable bonds is 8. The number of piperidine rings is 1. The van der Waals surface area contributed by atoms with E-state index in [9.17, 15) is 9.18 Å². The molecule has 0 unspecified atom stereocenters. The lowest BCUT2D eigenvalue weighted by Crippen LogP contribution is -2.40. The number of carbonyl (C=O) groups excluding carboxylic acids is 1. The quantitative estimate of drug-likeness (QED) is 0.528. The Labute approximate surface area is 190 Å². The molecule has 1 fully saturated rings. The van der Waals surface area contributed by atoms with Gasteiger partial charge in [-0.05, 0) is 73.5 Å². The summed E-state index contributed by atoms with van der Waals surface area (Å²) in [4.78, 5) is 14.9. The highest BCUT2D eigenvalue weighted by molar-refractivity contribution is 5.81. The molecule has 1 N–H and O–H groups in total. The molecule has 0 spiro atoms. The third kappa shape index (κ3) is 5.57. The van der Waals surface area contributed by atoms with Gasteiger partial charge in [-0.2, -0.15) is 0 Å². The van der Waals surface area contributed by atoms with Crippen molar-refractivity contribution in [2.75, 3.05) is 19.6 Å². The molecule has 4 rings (SSSR count). The van der Waals surface area contributed by atoms with Crippen LogP contribution in [0.4, 0.5) is 4.39 Å². The molecule has 0 atom stereocenters. The molecule has 32 heavy (non-hydrogen) atoms. The number of amides is 1. The van der Waals surface area contributed by atoms with Crippen LogP contribution in [0.5, 0.6) is 0 Å². The van der Waals surface area contributed by atoms with E-state index >= 15 is 0 Å². The van der Waals surface area contributed by atoms with Gasteiger partial charge in [-0.15, -0.1) is 0 Å². The predicted molar refractivity (Wildman–Crippen MR) is 128 cm³/mol. The highest BCUT2D eigenvalue weighted by Crippen LogP contribution is 2.25. The van der Waals surface area contributed by atoms with E-state index in [-0.39, 0.29) is 17.6 Å². The van der Waals surface area contributed by atoms with Crippen molar-refractivity contribution in [3.8, 4) is 0 Å². The Morgan fingerprint density at radius 1 is 1.06 bits per heavy atom. The maximum absolute atomic E-state index is 13.8. The number of para-hydroxylation sites is 1. The van der Waals surface area contributed by atoms with Gasteiger partial charge in [-0.3, -0.25) is 9.69 Å². The third-order valence-electron chi connectivity index (χ3n) is 6.49. The van der Waals surface area contributed by atoms with E-state index in [4.69, 9.17) is 0 Å². The Balaban J connectivity index is 1.42. The van der Waals surface area contributed by atoms with E-state index in [1.165, 1.54) is 22.7 Å². The summed E-state index contributed by atoms with van der Waals surface area (Å²) in [6.07, 6.45) is 2.83. The first-order valence-electron chi connectivity index (χ1n) is 11.8. The summed E-state index contributed by atoms with van der Waals surface area (Å²) in [5.74, 6) is 0.743. The molecule has 1 aromatic heterocycles. The normalized spacial score (nSPS) is 15.5. The summed E-state index contributed by atoms with van der Waals surface area (Å²) in [5, 5.41) is 4.32. The minimum atomic E-state index is -0.200. The number of benzene rings is 2. The van der Waals surface area contributed by atoms with Crippen LogP contribution in [0.2, 0.25) is 0 Å². The van der Waals surface area contributed by atoms with Crippen LogP contribution in [0, 0.1) is 17.7 Å². The lowest BCUT2D eigenvalue weighted by atomic mass is 9.95. The standard InChI is InChI=1S/C27H34FN3O/c1-20(2)10-13-29-27(32)22-11-14-30(15-12-22)19-25-17-23-7-3-4-9-26(23)31(25)18-21-6-5-8-24(28)16-21/h3-9,16-17,20,22H,10-15,18-19H2,1-2H3,(H,29,32). The molecule has 1 amide bonds. The van der Waals surface area contributed by atoms with Gasteiger partial charge in [0.2, 0.25) is 5.91 Å². The summed E-state index contributed by atoms with van der Waals surface area (Å²) < 4.78 is 16.1. The lowest BCUT2D eigenvalue weighted by molar-refractivity contribution is -0.126. The highest BCUT2D eigenvalue weighted by Gasteiger charge is 2.25. The maximum Gasteiger partial charge on any atom is 0.223 e. The van der Waals surface area contributed by atoms with Crippen LogP contribution < -0.4 is 5.32 Å². The van der Waals surface area contributed by atoms with Crippen LogP contribution in [0.3, 0.4) is 0 Å². The molecule has 0 bridgehead atoms. The van der Waals surface area contributed by atoms with Crippen molar-refractivity contribution in [2.45, 2.75) is 46.2 Å². The number of fused-ring (bicyclic) bond motifs is 1. The van der Waals surface area contributed by atoms with Crippen LogP contribution in [0.25, 0.3) is 10.9 Å². The molecule has 4 nitrogen and oxygen atoms in total. The Hall–Kier alpha value is -2.66. The van der Waals surface area contributed by atoms with Crippen molar-refractivity contribution in [1.29, 1.82) is 0 Å². The van der Waals surface area contributed by atoms with Gasteiger partial charge in [0.05, 0.1) is 0 Å². The third-order valence-corrected chi connectivity index (χ3v) is 6.49. The summed E-state index contributed by atoms with van der Waals surface area (Å²) in [6.45, 7) is 8.46. The van der Waals surface area contributed by atoms with Gasteiger partial charge in [-0.25, -0.2) is 4.39 Å². The molecule has 3 aromatic rings. The number of aromatic nitrogens is 1. The molecular formula is C27H34FN3O. The van der Waals surface area contributed by atoms with Crippen molar-refractivity contribution >= 4 is 16.8 Å². The molecule has 5 heteroatoms. The Bertz CT molecular complexity index is 1050. The SMILES string of the molecule is CC(C)CCNC(=O)C1CCN(Cc2cc3ccccc3n2Cc2cccc(F)c2)CC1. The zero-order chi connectivity index (χ0) is 22.5. The smallest absolute Gasteiger partial charge is 0.223 e. The summed E-state index contributed by atoms with van der Waals surface area (Å²) in [7, 11) is 0. The first-order chi connectivity index (χ1) is 15.5. The van der Waals surface area contributed by atoms with E-state index < -0.39 is 0 Å². The van der Waals surface area contributed by atoms with Gasteiger partial charge in [0.1, 0.15) is 5.82 Å². The van der Waals surface area contributed by atoms with E-state index in [0.29, 0.717) is 12.5 Å².